The first-order chi connectivity index (χ1) is 4.16. The molecule has 0 atom stereocenters. The molecule has 0 saturated heterocycles. The third-order valence-corrected chi connectivity index (χ3v) is 0.590. The van der Waals surface area contributed by atoms with Gasteiger partial charge >= 0.3 is 0 Å². The van der Waals surface area contributed by atoms with Crippen molar-refractivity contribution in [1.82, 2.24) is 5.43 Å². The van der Waals surface area contributed by atoms with Crippen LogP contribution < -0.4 is 11.2 Å². The quantitative estimate of drug-likeness (QED) is 0.388. The van der Waals surface area contributed by atoms with Crippen molar-refractivity contribution in [2.24, 2.45) is 10.8 Å². The van der Waals surface area contributed by atoms with Crippen molar-refractivity contribution >= 4 is 11.6 Å². The average Bonchev–Trinajstić information content (AvgIpc) is 1.83. The van der Waals surface area contributed by atoms with E-state index >= 15 is 0 Å². The zero-order chi connectivity index (χ0) is 7.28. The molecule has 9 heavy (non-hydrogen) atoms. The fourth-order valence-electron chi connectivity index (χ4n) is 0.220. The molecule has 0 aliphatic carbocycles. The van der Waals surface area contributed by atoms with Crippen molar-refractivity contribution in [3.8, 4) is 0 Å². The molecule has 3 N–H and O–H groups in total. The number of amides is 1. The van der Waals surface area contributed by atoms with E-state index < -0.39 is 0 Å². The van der Waals surface area contributed by atoms with Crippen LogP contribution in [-0.2, 0) is 4.79 Å². The van der Waals surface area contributed by atoms with Gasteiger partial charge in [-0.25, -0.2) is 5.43 Å². The van der Waals surface area contributed by atoms with E-state index in [1.54, 1.807) is 13.8 Å². The Morgan fingerprint density at radius 1 is 1.67 bits per heavy atom. The highest BCUT2D eigenvalue weighted by Gasteiger charge is 1.90. The molecule has 0 saturated carbocycles. The molecule has 0 aromatic rings. The first kappa shape index (κ1) is 8.10. The standard InChI is InChI=1S/C5H11N3O/c1-4(2)7-8-5(9)3-6/h3,6H2,1-2H3,(H,8,9). The molecule has 0 unspecified atom stereocenters. The van der Waals surface area contributed by atoms with Crippen LogP contribution in [0.15, 0.2) is 5.10 Å². The Morgan fingerprint density at radius 3 is 2.56 bits per heavy atom. The van der Waals surface area contributed by atoms with Crippen molar-refractivity contribution in [3.05, 3.63) is 0 Å². The predicted molar refractivity (Wildman–Crippen MR) is 36.0 cm³/mol. The zero-order valence-corrected chi connectivity index (χ0v) is 5.64. The summed E-state index contributed by atoms with van der Waals surface area (Å²) in [4.78, 5) is 10.4. The second-order valence-corrected chi connectivity index (χ2v) is 1.80. The third kappa shape index (κ3) is 4.96. The van der Waals surface area contributed by atoms with Gasteiger partial charge in [-0.15, -0.1) is 0 Å². The van der Waals surface area contributed by atoms with Gasteiger partial charge in [-0.2, -0.15) is 5.10 Å². The van der Waals surface area contributed by atoms with Gasteiger partial charge in [0.15, 0.2) is 0 Å². The van der Waals surface area contributed by atoms with E-state index in [0.717, 1.165) is 5.71 Å². The van der Waals surface area contributed by atoms with Gasteiger partial charge in [0.05, 0.1) is 6.54 Å². The Bertz CT molecular complexity index is 126. The van der Waals surface area contributed by atoms with E-state index in [2.05, 4.69) is 10.5 Å². The van der Waals surface area contributed by atoms with Gasteiger partial charge in [0.1, 0.15) is 0 Å². The van der Waals surface area contributed by atoms with Crippen LogP contribution >= 0.6 is 0 Å². The van der Waals surface area contributed by atoms with Crippen LogP contribution in [0.2, 0.25) is 0 Å². The van der Waals surface area contributed by atoms with Gasteiger partial charge in [0, 0.05) is 5.71 Å². The zero-order valence-electron chi connectivity index (χ0n) is 5.64. The van der Waals surface area contributed by atoms with E-state index in [1.165, 1.54) is 0 Å². The molecule has 0 aromatic carbocycles. The number of rotatable bonds is 2. The summed E-state index contributed by atoms with van der Waals surface area (Å²) in [6.07, 6.45) is 0. The van der Waals surface area contributed by atoms with Crippen molar-refractivity contribution in [1.29, 1.82) is 0 Å². The number of hydrogen-bond donors (Lipinski definition) is 2. The lowest BCUT2D eigenvalue weighted by Crippen LogP contribution is -2.26. The molecule has 0 aliphatic heterocycles. The van der Waals surface area contributed by atoms with Crippen LogP contribution in [0.3, 0.4) is 0 Å². The van der Waals surface area contributed by atoms with E-state index in [9.17, 15) is 4.79 Å². The van der Waals surface area contributed by atoms with Gasteiger partial charge < -0.3 is 5.73 Å². The average molecular weight is 129 g/mol. The Hall–Kier alpha value is -0.900. The van der Waals surface area contributed by atoms with Gasteiger partial charge in [-0.1, -0.05) is 0 Å². The molecule has 0 fully saturated rings. The highest BCUT2D eigenvalue weighted by atomic mass is 16.2. The molecule has 4 nitrogen and oxygen atoms in total. The van der Waals surface area contributed by atoms with Gasteiger partial charge in [-0.05, 0) is 13.8 Å². The Kier molecular flexibility index (Phi) is 3.62. The van der Waals surface area contributed by atoms with Crippen LogP contribution in [0.5, 0.6) is 0 Å². The summed E-state index contributed by atoms with van der Waals surface area (Å²) in [5.74, 6) is -0.267. The lowest BCUT2D eigenvalue weighted by Gasteiger charge is -1.93. The summed E-state index contributed by atoms with van der Waals surface area (Å²) < 4.78 is 0. The Labute approximate surface area is 54.1 Å². The fourth-order valence-corrected chi connectivity index (χ4v) is 0.220. The summed E-state index contributed by atoms with van der Waals surface area (Å²) >= 11 is 0. The van der Waals surface area contributed by atoms with E-state index in [-0.39, 0.29) is 12.5 Å². The Morgan fingerprint density at radius 2 is 2.22 bits per heavy atom. The number of nitrogens with zero attached hydrogens (tertiary/aromatic N) is 1. The number of hydrogen-bond acceptors (Lipinski definition) is 3. The summed E-state index contributed by atoms with van der Waals surface area (Å²) in [7, 11) is 0. The van der Waals surface area contributed by atoms with Crippen LogP contribution in [0.4, 0.5) is 0 Å². The second kappa shape index (κ2) is 4.03. The first-order valence-electron chi connectivity index (χ1n) is 2.66. The van der Waals surface area contributed by atoms with Gasteiger partial charge in [0.2, 0.25) is 0 Å². The summed E-state index contributed by atoms with van der Waals surface area (Å²) in [5.41, 5.74) is 8.04. The lowest BCUT2D eigenvalue weighted by molar-refractivity contribution is -0.119. The van der Waals surface area contributed by atoms with Gasteiger partial charge in [-0.3, -0.25) is 4.79 Å². The molecule has 52 valence electrons. The maximum absolute atomic E-state index is 10.4. The number of nitrogens with one attached hydrogen (secondary N) is 1. The number of hydrazone groups is 1. The van der Waals surface area contributed by atoms with E-state index in [1.807, 2.05) is 0 Å². The van der Waals surface area contributed by atoms with E-state index in [4.69, 9.17) is 5.73 Å². The smallest absolute Gasteiger partial charge is 0.253 e. The van der Waals surface area contributed by atoms with Crippen molar-refractivity contribution in [3.63, 3.8) is 0 Å². The lowest BCUT2D eigenvalue weighted by atomic mass is 10.5. The van der Waals surface area contributed by atoms with Crippen LogP contribution in [0.1, 0.15) is 13.8 Å². The SMILES string of the molecule is CC(C)=NNC(=O)CN. The first-order valence-corrected chi connectivity index (χ1v) is 2.66. The molecule has 0 radical (unpaired) electrons. The number of carbonyl (C=O) groups is 1. The predicted octanol–water partition coefficient (Wildman–Crippen LogP) is -0.543. The summed E-state index contributed by atoms with van der Waals surface area (Å²) in [6.45, 7) is 3.56. The fraction of sp³-hybridized carbons (Fsp3) is 0.600. The molecule has 0 aromatic heterocycles. The minimum atomic E-state index is -0.267. The second-order valence-electron chi connectivity index (χ2n) is 1.80. The van der Waals surface area contributed by atoms with Crippen molar-refractivity contribution < 1.29 is 4.79 Å². The number of carbonyl (C=O) groups excluding carboxylic acids is 1. The van der Waals surface area contributed by atoms with Crippen molar-refractivity contribution in [2.75, 3.05) is 6.54 Å². The highest BCUT2D eigenvalue weighted by molar-refractivity contribution is 5.83. The van der Waals surface area contributed by atoms with Crippen LogP contribution in [-0.4, -0.2) is 18.2 Å². The largest absolute Gasteiger partial charge is 0.322 e. The van der Waals surface area contributed by atoms with Crippen LogP contribution in [0.25, 0.3) is 0 Å². The molecule has 1 amide bonds. The molecular weight excluding hydrogens is 118 g/mol. The molecular formula is C5H11N3O. The minimum absolute atomic E-state index is 0.0171. The highest BCUT2D eigenvalue weighted by Crippen LogP contribution is 1.68. The monoisotopic (exact) mass is 129 g/mol. The molecule has 0 aliphatic rings. The number of nitrogens with two attached hydrogens (primary N) is 1. The van der Waals surface area contributed by atoms with Crippen LogP contribution in [0, 0.1) is 0 Å². The molecule has 0 heterocycles. The van der Waals surface area contributed by atoms with Crippen molar-refractivity contribution in [2.45, 2.75) is 13.8 Å². The van der Waals surface area contributed by atoms with Gasteiger partial charge in [0.25, 0.3) is 5.91 Å². The maximum Gasteiger partial charge on any atom is 0.253 e. The maximum atomic E-state index is 10.4. The normalized spacial score (nSPS) is 8.33. The third-order valence-electron chi connectivity index (χ3n) is 0.590. The topological polar surface area (TPSA) is 67.5 Å². The molecule has 4 heteroatoms. The Balaban J connectivity index is 3.50. The molecule has 0 bridgehead atoms. The molecule has 0 spiro atoms. The minimum Gasteiger partial charge on any atom is -0.322 e. The van der Waals surface area contributed by atoms with E-state index in [0.29, 0.717) is 0 Å². The summed E-state index contributed by atoms with van der Waals surface area (Å²) in [6, 6.07) is 0. The summed E-state index contributed by atoms with van der Waals surface area (Å²) in [5, 5.41) is 3.63. The molecule has 0 rings (SSSR count).